The number of non-ortho nitro benzene ring substituents is 1. The van der Waals surface area contributed by atoms with E-state index in [1.54, 1.807) is 0 Å². The highest BCUT2D eigenvalue weighted by atomic mass is 16.6. The molecule has 1 heterocycles. The fourth-order valence-electron chi connectivity index (χ4n) is 2.89. The Labute approximate surface area is 173 Å². The molecule has 1 N–H and O–H groups in total. The fraction of sp³-hybridized carbons (Fsp3) is 0.333. The zero-order chi connectivity index (χ0) is 22.1. The van der Waals surface area contributed by atoms with Crippen molar-refractivity contribution in [2.24, 2.45) is 5.10 Å². The molecule has 0 spiro atoms. The van der Waals surface area contributed by atoms with Crippen LogP contribution in [0.3, 0.4) is 0 Å². The van der Waals surface area contributed by atoms with Crippen molar-refractivity contribution in [3.05, 3.63) is 57.1 Å². The van der Waals surface area contributed by atoms with E-state index in [0.29, 0.717) is 11.5 Å². The number of nitrogens with zero attached hydrogens (tertiary/aromatic N) is 2. The Bertz CT molecular complexity index is 1030. The van der Waals surface area contributed by atoms with E-state index in [1.165, 1.54) is 13.0 Å². The van der Waals surface area contributed by atoms with Gasteiger partial charge in [-0.25, -0.2) is 5.43 Å². The third kappa shape index (κ3) is 4.51. The van der Waals surface area contributed by atoms with Crippen molar-refractivity contribution in [2.45, 2.75) is 39.2 Å². The second kappa shape index (κ2) is 8.02. The number of hydrogen-bond donors (Lipinski definition) is 1. The monoisotopic (exact) mass is 412 g/mol. The lowest BCUT2D eigenvalue weighted by molar-refractivity contribution is -0.385. The number of nitro benzene ring substituents is 1. The maximum Gasteiger partial charge on any atom is 0.284 e. The fourth-order valence-corrected chi connectivity index (χ4v) is 2.89. The van der Waals surface area contributed by atoms with Crippen molar-refractivity contribution in [3.63, 3.8) is 0 Å². The summed E-state index contributed by atoms with van der Waals surface area (Å²) in [6, 6.07) is 7.90. The molecular formula is C21H22N3O6-. The number of hydrazone groups is 1. The maximum absolute atomic E-state index is 12.4. The lowest BCUT2D eigenvalue weighted by Gasteiger charge is -2.27. The summed E-state index contributed by atoms with van der Waals surface area (Å²) < 4.78 is 11.4. The van der Waals surface area contributed by atoms with Gasteiger partial charge in [-0.2, -0.15) is 5.10 Å². The van der Waals surface area contributed by atoms with Gasteiger partial charge in [0.05, 0.1) is 11.1 Å². The Hall–Kier alpha value is -3.62. The Morgan fingerprint density at radius 3 is 2.67 bits per heavy atom. The number of amides is 1. The molecule has 0 radical (unpaired) electrons. The van der Waals surface area contributed by atoms with E-state index in [1.807, 2.05) is 18.2 Å². The van der Waals surface area contributed by atoms with Gasteiger partial charge in [0, 0.05) is 12.1 Å². The number of aryl methyl sites for hydroxylation is 1. The predicted octanol–water partition coefficient (Wildman–Crippen LogP) is 2.56. The van der Waals surface area contributed by atoms with Crippen LogP contribution < -0.4 is 20.0 Å². The van der Waals surface area contributed by atoms with Crippen molar-refractivity contribution in [2.75, 3.05) is 6.61 Å². The average Bonchev–Trinajstić information content (AvgIpc) is 2.69. The molecular weight excluding hydrogens is 390 g/mol. The van der Waals surface area contributed by atoms with Gasteiger partial charge >= 0.3 is 0 Å². The van der Waals surface area contributed by atoms with Crippen LogP contribution in [-0.4, -0.2) is 29.8 Å². The first-order valence-corrected chi connectivity index (χ1v) is 9.29. The lowest BCUT2D eigenvalue weighted by atomic mass is 9.87. The summed E-state index contributed by atoms with van der Waals surface area (Å²) in [5, 5.41) is 26.8. The number of hydrogen-bond acceptors (Lipinski definition) is 7. The molecule has 30 heavy (non-hydrogen) atoms. The van der Waals surface area contributed by atoms with Gasteiger partial charge in [0.1, 0.15) is 6.61 Å². The van der Waals surface area contributed by atoms with Gasteiger partial charge in [-0.15, -0.1) is 0 Å². The summed E-state index contributed by atoms with van der Waals surface area (Å²) in [4.78, 5) is 22.7. The first-order valence-electron chi connectivity index (χ1n) is 9.29. The largest absolute Gasteiger partial charge is 0.872 e. The number of fused-ring (bicyclic) bond motifs is 1. The van der Waals surface area contributed by atoms with Crippen LogP contribution in [0, 0.1) is 17.0 Å². The molecule has 1 atom stereocenters. The number of ether oxygens (including phenoxy) is 2. The standard InChI is InChI=1S/C21H23N3O6/c1-12-7-15(24(27)28)8-13(19(12)25)10-22-23-20(26)18-11-29-16-6-5-14(21(2,3)4)9-17(16)30-18/h5-10,18,25H,11H2,1-4H3,(H,23,26)/p-1/b22-10-/t18-/m1/s1. The normalized spacial score (nSPS) is 15.8. The van der Waals surface area contributed by atoms with Crippen LogP contribution in [0.2, 0.25) is 0 Å². The second-order valence-corrected chi connectivity index (χ2v) is 8.00. The summed E-state index contributed by atoms with van der Waals surface area (Å²) in [6.07, 6.45) is 0.152. The minimum atomic E-state index is -0.927. The van der Waals surface area contributed by atoms with E-state index < -0.39 is 22.7 Å². The zero-order valence-corrected chi connectivity index (χ0v) is 17.1. The van der Waals surface area contributed by atoms with E-state index in [4.69, 9.17) is 9.47 Å². The predicted molar refractivity (Wildman–Crippen MR) is 108 cm³/mol. The van der Waals surface area contributed by atoms with E-state index >= 15 is 0 Å². The summed E-state index contributed by atoms with van der Waals surface area (Å²) >= 11 is 0. The third-order valence-electron chi connectivity index (χ3n) is 4.64. The number of carbonyl (C=O) groups is 1. The van der Waals surface area contributed by atoms with Gasteiger partial charge in [0.15, 0.2) is 11.5 Å². The molecule has 0 saturated carbocycles. The molecule has 0 aromatic heterocycles. The molecule has 9 heteroatoms. The van der Waals surface area contributed by atoms with E-state index in [-0.39, 0.29) is 28.8 Å². The number of rotatable bonds is 4. The van der Waals surface area contributed by atoms with Crippen LogP contribution in [0.1, 0.15) is 37.5 Å². The molecule has 3 rings (SSSR count). The molecule has 2 aromatic rings. The highest BCUT2D eigenvalue weighted by Gasteiger charge is 2.28. The molecule has 2 aromatic carbocycles. The van der Waals surface area contributed by atoms with Gasteiger partial charge in [-0.05, 0) is 35.6 Å². The minimum Gasteiger partial charge on any atom is -0.872 e. The third-order valence-corrected chi connectivity index (χ3v) is 4.64. The quantitative estimate of drug-likeness (QED) is 0.467. The van der Waals surface area contributed by atoms with Gasteiger partial charge < -0.3 is 14.6 Å². The Balaban J connectivity index is 1.70. The van der Waals surface area contributed by atoms with Crippen LogP contribution in [0.5, 0.6) is 17.2 Å². The SMILES string of the molecule is Cc1cc([N+](=O)[O-])cc(/C=N\NC(=O)[C@H]2COc3ccc(C(C)(C)C)cc3O2)c1[O-]. The molecule has 9 nitrogen and oxygen atoms in total. The molecule has 1 aliphatic rings. The van der Waals surface area contributed by atoms with Gasteiger partial charge in [0.2, 0.25) is 6.10 Å². The summed E-state index contributed by atoms with van der Waals surface area (Å²) in [6.45, 7) is 7.68. The summed E-state index contributed by atoms with van der Waals surface area (Å²) in [5.41, 5.74) is 3.22. The van der Waals surface area contributed by atoms with Crippen LogP contribution in [-0.2, 0) is 10.2 Å². The van der Waals surface area contributed by atoms with Gasteiger partial charge in [-0.3, -0.25) is 14.9 Å². The second-order valence-electron chi connectivity index (χ2n) is 8.00. The molecule has 0 saturated heterocycles. The van der Waals surface area contributed by atoms with Crippen molar-refractivity contribution in [3.8, 4) is 17.2 Å². The highest BCUT2D eigenvalue weighted by Crippen LogP contribution is 2.36. The van der Waals surface area contributed by atoms with Crippen LogP contribution >= 0.6 is 0 Å². The molecule has 1 amide bonds. The Kier molecular flexibility index (Phi) is 5.64. The average molecular weight is 412 g/mol. The topological polar surface area (TPSA) is 126 Å². The number of nitro groups is 1. The number of nitrogens with one attached hydrogen (secondary N) is 1. The number of benzene rings is 2. The van der Waals surface area contributed by atoms with E-state index in [0.717, 1.165) is 17.8 Å². The Morgan fingerprint density at radius 1 is 1.27 bits per heavy atom. The molecule has 0 aliphatic carbocycles. The maximum atomic E-state index is 12.4. The lowest BCUT2D eigenvalue weighted by Crippen LogP contribution is -2.42. The molecule has 0 fully saturated rings. The molecule has 0 unspecified atom stereocenters. The van der Waals surface area contributed by atoms with Crippen LogP contribution in [0.15, 0.2) is 35.4 Å². The van der Waals surface area contributed by atoms with E-state index in [2.05, 4.69) is 31.3 Å². The highest BCUT2D eigenvalue weighted by molar-refractivity contribution is 5.87. The summed E-state index contributed by atoms with van der Waals surface area (Å²) in [7, 11) is 0. The first kappa shape index (κ1) is 21.1. The first-order chi connectivity index (χ1) is 14.1. The molecule has 1 aliphatic heterocycles. The minimum absolute atomic E-state index is 0.00276. The molecule has 0 bridgehead atoms. The number of carbonyl (C=O) groups excluding carboxylic acids is 1. The zero-order valence-electron chi connectivity index (χ0n) is 17.1. The summed E-state index contributed by atoms with van der Waals surface area (Å²) in [5.74, 6) is 0.0553. The van der Waals surface area contributed by atoms with Crippen molar-refractivity contribution < 1.29 is 24.3 Å². The van der Waals surface area contributed by atoms with E-state index in [9.17, 15) is 20.0 Å². The van der Waals surface area contributed by atoms with Gasteiger partial charge in [0.25, 0.3) is 11.6 Å². The van der Waals surface area contributed by atoms with Crippen molar-refractivity contribution in [1.82, 2.24) is 5.43 Å². The molecule has 158 valence electrons. The van der Waals surface area contributed by atoms with Crippen LogP contribution in [0.4, 0.5) is 5.69 Å². The Morgan fingerprint density at radius 2 is 2.00 bits per heavy atom. The smallest absolute Gasteiger partial charge is 0.284 e. The van der Waals surface area contributed by atoms with Crippen molar-refractivity contribution >= 4 is 17.8 Å². The van der Waals surface area contributed by atoms with Crippen LogP contribution in [0.25, 0.3) is 0 Å². The van der Waals surface area contributed by atoms with Crippen molar-refractivity contribution in [1.29, 1.82) is 0 Å². The van der Waals surface area contributed by atoms with Gasteiger partial charge in [-0.1, -0.05) is 38.2 Å².